The summed E-state index contributed by atoms with van der Waals surface area (Å²) in [5.41, 5.74) is 2.42. The number of benzene rings is 1. The normalized spacial score (nSPS) is 10.4. The maximum atomic E-state index is 6.90. The van der Waals surface area contributed by atoms with Gasteiger partial charge < -0.3 is 0 Å². The zero-order chi connectivity index (χ0) is 12.5. The minimum atomic E-state index is 0.533. The molecule has 2 aromatic heterocycles. The number of pyridine rings is 1. The van der Waals surface area contributed by atoms with Gasteiger partial charge in [-0.15, -0.1) is 0 Å². The van der Waals surface area contributed by atoms with Gasteiger partial charge in [0.1, 0.15) is 12.1 Å². The van der Waals surface area contributed by atoms with E-state index in [9.17, 15) is 0 Å². The van der Waals surface area contributed by atoms with Crippen LogP contribution in [0.3, 0.4) is 0 Å². The largest absolute Gasteiger partial charge is 0.283 e. The van der Waals surface area contributed by atoms with Crippen LogP contribution in [-0.4, -0.2) is 14.5 Å². The fourth-order valence-electron chi connectivity index (χ4n) is 1.76. The first-order valence-electron chi connectivity index (χ1n) is 5.24. The molecule has 0 fully saturated rings. The lowest BCUT2D eigenvalue weighted by atomic mass is 10.3. The van der Waals surface area contributed by atoms with Crippen molar-refractivity contribution < 1.29 is 0 Å². The van der Waals surface area contributed by atoms with Crippen molar-refractivity contribution >= 4 is 32.7 Å². The van der Waals surface area contributed by atoms with Gasteiger partial charge in [-0.05, 0) is 24.3 Å². The smallest absolute Gasteiger partial charge is 0.205 e. The molecule has 0 saturated carbocycles. The molecule has 0 atom stereocenters. The molecule has 0 aliphatic rings. The van der Waals surface area contributed by atoms with E-state index in [4.69, 9.17) is 6.57 Å². The molecule has 0 bridgehead atoms. The first-order chi connectivity index (χ1) is 8.78. The molecule has 86 valence electrons. The average molecular weight is 299 g/mol. The van der Waals surface area contributed by atoms with E-state index < -0.39 is 0 Å². The van der Waals surface area contributed by atoms with Crippen LogP contribution in [0.5, 0.6) is 0 Å². The molecule has 18 heavy (non-hydrogen) atoms. The van der Waals surface area contributed by atoms with Gasteiger partial charge in [-0.1, -0.05) is 22.0 Å². The molecular weight excluding hydrogens is 292 g/mol. The summed E-state index contributed by atoms with van der Waals surface area (Å²) < 4.78 is 2.90. The molecule has 2 heterocycles. The molecule has 4 nitrogen and oxygen atoms in total. The van der Waals surface area contributed by atoms with E-state index >= 15 is 0 Å². The van der Waals surface area contributed by atoms with Gasteiger partial charge in [-0.2, -0.15) is 0 Å². The lowest BCUT2D eigenvalue weighted by molar-refractivity contribution is 1.02. The zero-order valence-electron chi connectivity index (χ0n) is 9.21. The van der Waals surface area contributed by atoms with Crippen molar-refractivity contribution in [2.75, 3.05) is 0 Å². The first-order valence-corrected chi connectivity index (χ1v) is 6.04. The van der Waals surface area contributed by atoms with Crippen molar-refractivity contribution in [1.82, 2.24) is 14.5 Å². The molecule has 0 aliphatic heterocycles. The van der Waals surface area contributed by atoms with Crippen LogP contribution >= 0.6 is 15.9 Å². The highest BCUT2D eigenvalue weighted by Gasteiger charge is 2.05. The summed E-state index contributed by atoms with van der Waals surface area (Å²) in [6, 6.07) is 9.47. The summed E-state index contributed by atoms with van der Waals surface area (Å²) in [5, 5.41) is 0. The van der Waals surface area contributed by atoms with Crippen LogP contribution in [0.4, 0.5) is 5.69 Å². The SMILES string of the molecule is [C-]#[N+]c1ccc(-n2cnc3cc(Br)ccc32)nc1. The highest BCUT2D eigenvalue weighted by Crippen LogP contribution is 2.21. The number of imidazole rings is 1. The van der Waals surface area contributed by atoms with Crippen molar-refractivity contribution in [2.45, 2.75) is 0 Å². The van der Waals surface area contributed by atoms with Crippen LogP contribution in [0, 0.1) is 6.57 Å². The second-order valence-electron chi connectivity index (χ2n) is 3.73. The molecule has 0 spiro atoms. The molecule has 3 aromatic rings. The Labute approximate surface area is 112 Å². The van der Waals surface area contributed by atoms with E-state index in [0.717, 1.165) is 21.3 Å². The van der Waals surface area contributed by atoms with E-state index in [1.54, 1.807) is 18.6 Å². The fourth-order valence-corrected chi connectivity index (χ4v) is 2.10. The van der Waals surface area contributed by atoms with Crippen molar-refractivity contribution in [3.63, 3.8) is 0 Å². The third-order valence-corrected chi connectivity index (χ3v) is 3.11. The van der Waals surface area contributed by atoms with Crippen LogP contribution < -0.4 is 0 Å². The number of nitrogens with zero attached hydrogens (tertiary/aromatic N) is 4. The molecule has 1 aromatic carbocycles. The Morgan fingerprint density at radius 3 is 2.78 bits per heavy atom. The quantitative estimate of drug-likeness (QED) is 0.642. The standard InChI is InChI=1S/C13H7BrN4/c1-15-10-3-5-13(16-7-10)18-8-17-11-6-9(14)2-4-12(11)18/h2-8H. The van der Waals surface area contributed by atoms with Gasteiger partial charge in [0.2, 0.25) is 5.69 Å². The van der Waals surface area contributed by atoms with E-state index in [1.807, 2.05) is 28.8 Å². The Bertz CT molecular complexity index is 753. The number of rotatable bonds is 1. The summed E-state index contributed by atoms with van der Waals surface area (Å²) in [6.45, 7) is 6.90. The zero-order valence-corrected chi connectivity index (χ0v) is 10.8. The van der Waals surface area contributed by atoms with Crippen LogP contribution in [0.1, 0.15) is 0 Å². The van der Waals surface area contributed by atoms with E-state index in [1.165, 1.54) is 0 Å². The number of aromatic nitrogens is 3. The molecule has 0 radical (unpaired) electrons. The molecule has 0 N–H and O–H groups in total. The number of halogens is 1. The van der Waals surface area contributed by atoms with Crippen molar-refractivity contribution in [1.29, 1.82) is 0 Å². The predicted molar refractivity (Wildman–Crippen MR) is 72.8 cm³/mol. The summed E-state index contributed by atoms with van der Waals surface area (Å²) in [4.78, 5) is 11.9. The third kappa shape index (κ3) is 1.77. The summed E-state index contributed by atoms with van der Waals surface area (Å²) in [7, 11) is 0. The minimum Gasteiger partial charge on any atom is -0.283 e. The minimum absolute atomic E-state index is 0.533. The maximum Gasteiger partial charge on any atom is 0.205 e. The predicted octanol–water partition coefficient (Wildman–Crippen LogP) is 3.73. The molecule has 5 heteroatoms. The highest BCUT2D eigenvalue weighted by molar-refractivity contribution is 9.10. The Morgan fingerprint density at radius 2 is 2.06 bits per heavy atom. The van der Waals surface area contributed by atoms with Gasteiger partial charge in [0, 0.05) is 10.7 Å². The number of hydrogen-bond acceptors (Lipinski definition) is 2. The second-order valence-corrected chi connectivity index (χ2v) is 4.65. The van der Waals surface area contributed by atoms with E-state index in [0.29, 0.717) is 5.69 Å². The summed E-state index contributed by atoms with van der Waals surface area (Å²) in [5.74, 6) is 0.757. The Kier molecular flexibility index (Phi) is 2.58. The van der Waals surface area contributed by atoms with Crippen molar-refractivity contribution in [3.8, 4) is 5.82 Å². The second kappa shape index (κ2) is 4.24. The van der Waals surface area contributed by atoms with E-state index in [2.05, 4.69) is 30.7 Å². The topological polar surface area (TPSA) is 35.1 Å². The maximum absolute atomic E-state index is 6.90. The molecule has 0 unspecified atom stereocenters. The van der Waals surface area contributed by atoms with Crippen LogP contribution in [0.2, 0.25) is 0 Å². The third-order valence-electron chi connectivity index (χ3n) is 2.62. The van der Waals surface area contributed by atoms with Gasteiger partial charge in [0.25, 0.3) is 0 Å². The lowest BCUT2D eigenvalue weighted by Gasteiger charge is -2.02. The monoisotopic (exact) mass is 298 g/mol. The molecular formula is C13H7BrN4. The lowest BCUT2D eigenvalue weighted by Crippen LogP contribution is -1.94. The summed E-state index contributed by atoms with van der Waals surface area (Å²) >= 11 is 3.42. The van der Waals surface area contributed by atoms with Crippen LogP contribution in [0.25, 0.3) is 21.7 Å². The van der Waals surface area contributed by atoms with Crippen LogP contribution in [0.15, 0.2) is 47.3 Å². The van der Waals surface area contributed by atoms with Crippen LogP contribution in [-0.2, 0) is 0 Å². The highest BCUT2D eigenvalue weighted by atomic mass is 79.9. The molecule has 3 rings (SSSR count). The number of fused-ring (bicyclic) bond motifs is 1. The first kappa shape index (κ1) is 10.9. The molecule has 0 amide bonds. The summed E-state index contributed by atoms with van der Waals surface area (Å²) in [6.07, 6.45) is 3.30. The Morgan fingerprint density at radius 1 is 1.17 bits per heavy atom. The van der Waals surface area contributed by atoms with Crippen molar-refractivity contribution in [2.24, 2.45) is 0 Å². The number of hydrogen-bond donors (Lipinski definition) is 0. The van der Waals surface area contributed by atoms with Gasteiger partial charge >= 0.3 is 0 Å². The van der Waals surface area contributed by atoms with Gasteiger partial charge in [0.05, 0.1) is 17.6 Å². The Hall–Kier alpha value is -2.19. The fraction of sp³-hybridized carbons (Fsp3) is 0. The van der Waals surface area contributed by atoms with Crippen molar-refractivity contribution in [3.05, 3.63) is 58.7 Å². The van der Waals surface area contributed by atoms with Gasteiger partial charge in [-0.3, -0.25) is 9.55 Å². The molecule has 0 saturated heterocycles. The Balaban J connectivity index is 2.16. The van der Waals surface area contributed by atoms with E-state index in [-0.39, 0.29) is 0 Å². The molecule has 0 aliphatic carbocycles. The van der Waals surface area contributed by atoms with Gasteiger partial charge in [0.15, 0.2) is 0 Å². The average Bonchev–Trinajstić information content (AvgIpc) is 2.81. The van der Waals surface area contributed by atoms with Gasteiger partial charge in [-0.25, -0.2) is 9.83 Å².